The molecule has 2 aromatic rings. The Hall–Kier alpha value is -2.00. The largest absolute Gasteiger partial charge is 0.374 e. The summed E-state index contributed by atoms with van der Waals surface area (Å²) < 4.78 is 14.5. The molecule has 2 aromatic heterocycles. The molecule has 2 N–H and O–H groups in total. The Morgan fingerprint density at radius 3 is 2.72 bits per heavy atom. The number of hydrogen-bond acceptors (Lipinski definition) is 8. The Bertz CT molecular complexity index is 708. The van der Waals surface area contributed by atoms with Gasteiger partial charge in [0, 0.05) is 36.8 Å². The van der Waals surface area contributed by atoms with E-state index in [9.17, 15) is 4.79 Å². The standard InChI is InChI=1S/C16H23N5O3S/c1-9-8-13(20-24-9)15(22)17-11-4-6-12(7-5-11)18-16-19-14(21-25-16)10(2)23-3/h8,10-12H,4-7H2,1-3H3,(H,17,22)(H,18,19,21)/t10-,11?,12?/m0/s1. The number of nitrogens with one attached hydrogen (secondary N) is 2. The SMILES string of the molecule is CO[C@@H](C)c1nsc(NC2CCC(NC(=O)c3cc(C)on3)CC2)n1. The van der Waals surface area contributed by atoms with Crippen LogP contribution in [0.15, 0.2) is 10.6 Å². The Balaban J connectivity index is 1.45. The van der Waals surface area contributed by atoms with Gasteiger partial charge in [0.15, 0.2) is 11.5 Å². The van der Waals surface area contributed by atoms with Gasteiger partial charge in [0.25, 0.3) is 5.91 Å². The van der Waals surface area contributed by atoms with E-state index in [2.05, 4.69) is 25.1 Å². The average molecular weight is 365 g/mol. The second-order valence-electron chi connectivity index (χ2n) is 6.32. The number of rotatable bonds is 6. The van der Waals surface area contributed by atoms with E-state index in [1.165, 1.54) is 11.5 Å². The van der Waals surface area contributed by atoms with E-state index >= 15 is 0 Å². The Morgan fingerprint density at radius 1 is 1.36 bits per heavy atom. The van der Waals surface area contributed by atoms with E-state index in [-0.39, 0.29) is 18.1 Å². The minimum Gasteiger partial charge on any atom is -0.374 e. The molecule has 1 amide bonds. The van der Waals surface area contributed by atoms with Crippen LogP contribution in [0.4, 0.5) is 5.13 Å². The van der Waals surface area contributed by atoms with Crippen LogP contribution in [0.5, 0.6) is 0 Å². The second-order valence-corrected chi connectivity index (χ2v) is 7.08. The molecule has 136 valence electrons. The molecule has 3 rings (SSSR count). The lowest BCUT2D eigenvalue weighted by atomic mass is 9.91. The van der Waals surface area contributed by atoms with Crippen molar-refractivity contribution in [2.24, 2.45) is 0 Å². The van der Waals surface area contributed by atoms with Gasteiger partial charge in [0.2, 0.25) is 5.13 Å². The molecule has 2 heterocycles. The Labute approximate surface area is 150 Å². The maximum Gasteiger partial charge on any atom is 0.273 e. The van der Waals surface area contributed by atoms with Crippen LogP contribution in [0, 0.1) is 6.92 Å². The van der Waals surface area contributed by atoms with Gasteiger partial charge in [-0.25, -0.2) is 4.98 Å². The molecule has 0 bridgehead atoms. The van der Waals surface area contributed by atoms with Crippen LogP contribution in [-0.2, 0) is 4.74 Å². The number of anilines is 1. The van der Waals surface area contributed by atoms with Crippen LogP contribution in [0.2, 0.25) is 0 Å². The molecule has 0 aliphatic heterocycles. The predicted molar refractivity (Wildman–Crippen MR) is 93.7 cm³/mol. The normalized spacial score (nSPS) is 21.7. The van der Waals surface area contributed by atoms with E-state index in [1.54, 1.807) is 20.1 Å². The summed E-state index contributed by atoms with van der Waals surface area (Å²) in [5.41, 5.74) is 0.339. The third-order valence-electron chi connectivity index (χ3n) is 4.41. The second kappa shape index (κ2) is 7.92. The maximum atomic E-state index is 12.1. The number of aryl methyl sites for hydroxylation is 1. The highest BCUT2D eigenvalue weighted by molar-refractivity contribution is 7.09. The summed E-state index contributed by atoms with van der Waals surface area (Å²) in [5, 5.41) is 11.0. The number of nitrogens with zero attached hydrogens (tertiary/aromatic N) is 3. The summed E-state index contributed by atoms with van der Waals surface area (Å²) in [7, 11) is 1.65. The summed E-state index contributed by atoms with van der Waals surface area (Å²) in [4.78, 5) is 16.6. The van der Waals surface area contributed by atoms with Crippen molar-refractivity contribution in [1.29, 1.82) is 0 Å². The van der Waals surface area contributed by atoms with Crippen molar-refractivity contribution in [3.63, 3.8) is 0 Å². The zero-order valence-corrected chi connectivity index (χ0v) is 15.4. The lowest BCUT2D eigenvalue weighted by Gasteiger charge is -2.29. The summed E-state index contributed by atoms with van der Waals surface area (Å²) in [5.74, 6) is 1.17. The summed E-state index contributed by atoms with van der Waals surface area (Å²) >= 11 is 1.36. The van der Waals surface area contributed by atoms with Gasteiger partial charge in [0.05, 0.1) is 0 Å². The third kappa shape index (κ3) is 4.55. The van der Waals surface area contributed by atoms with Gasteiger partial charge in [-0.15, -0.1) is 0 Å². The smallest absolute Gasteiger partial charge is 0.273 e. The van der Waals surface area contributed by atoms with Gasteiger partial charge in [-0.05, 0) is 39.5 Å². The highest BCUT2D eigenvalue weighted by Crippen LogP contribution is 2.25. The van der Waals surface area contributed by atoms with Crippen molar-refractivity contribution in [3.05, 3.63) is 23.3 Å². The van der Waals surface area contributed by atoms with Gasteiger partial charge in [0.1, 0.15) is 11.9 Å². The van der Waals surface area contributed by atoms with Gasteiger partial charge in [-0.2, -0.15) is 4.37 Å². The number of carbonyl (C=O) groups is 1. The molecule has 0 spiro atoms. The van der Waals surface area contributed by atoms with Crippen LogP contribution in [0.1, 0.15) is 60.8 Å². The molecule has 0 saturated heterocycles. The Kier molecular flexibility index (Phi) is 5.64. The third-order valence-corrected chi connectivity index (χ3v) is 5.07. The van der Waals surface area contributed by atoms with Crippen LogP contribution >= 0.6 is 11.5 Å². The minimum atomic E-state index is -0.171. The molecule has 0 radical (unpaired) electrons. The van der Waals surface area contributed by atoms with Crippen molar-refractivity contribution in [2.45, 2.75) is 57.7 Å². The van der Waals surface area contributed by atoms with E-state index in [0.717, 1.165) is 30.8 Å². The fraction of sp³-hybridized carbons (Fsp3) is 0.625. The van der Waals surface area contributed by atoms with Crippen LogP contribution < -0.4 is 10.6 Å². The molecule has 0 unspecified atom stereocenters. The fourth-order valence-corrected chi connectivity index (χ4v) is 3.58. The topological polar surface area (TPSA) is 102 Å². The fourth-order valence-electron chi connectivity index (χ4n) is 2.85. The highest BCUT2D eigenvalue weighted by Gasteiger charge is 2.24. The lowest BCUT2D eigenvalue weighted by Crippen LogP contribution is -2.40. The first kappa shape index (κ1) is 17.8. The van der Waals surface area contributed by atoms with Crippen LogP contribution in [0.3, 0.4) is 0 Å². The summed E-state index contributed by atoms with van der Waals surface area (Å²) in [6.07, 6.45) is 3.67. The maximum absolute atomic E-state index is 12.1. The predicted octanol–water partition coefficient (Wildman–Crippen LogP) is 2.70. The Morgan fingerprint density at radius 2 is 2.08 bits per heavy atom. The van der Waals surface area contributed by atoms with Gasteiger partial charge >= 0.3 is 0 Å². The van der Waals surface area contributed by atoms with E-state index in [4.69, 9.17) is 9.26 Å². The molecule has 1 fully saturated rings. The number of methoxy groups -OCH3 is 1. The van der Waals surface area contributed by atoms with E-state index in [0.29, 0.717) is 23.3 Å². The molecule has 1 saturated carbocycles. The van der Waals surface area contributed by atoms with E-state index < -0.39 is 0 Å². The molecule has 1 atom stereocenters. The summed E-state index contributed by atoms with van der Waals surface area (Å²) in [6.45, 7) is 3.70. The molecular formula is C16H23N5O3S. The quantitative estimate of drug-likeness (QED) is 0.811. The van der Waals surface area contributed by atoms with Gasteiger partial charge in [-0.1, -0.05) is 5.16 Å². The molecule has 1 aliphatic carbocycles. The van der Waals surface area contributed by atoms with E-state index in [1.807, 2.05) is 6.92 Å². The van der Waals surface area contributed by atoms with Crippen molar-refractivity contribution >= 4 is 22.6 Å². The molecular weight excluding hydrogens is 342 g/mol. The first-order valence-electron chi connectivity index (χ1n) is 8.42. The molecule has 9 heteroatoms. The van der Waals surface area contributed by atoms with Crippen molar-refractivity contribution in [3.8, 4) is 0 Å². The average Bonchev–Trinajstić information content (AvgIpc) is 3.25. The van der Waals surface area contributed by atoms with Crippen LogP contribution in [0.25, 0.3) is 0 Å². The zero-order valence-electron chi connectivity index (χ0n) is 14.6. The molecule has 25 heavy (non-hydrogen) atoms. The zero-order chi connectivity index (χ0) is 17.8. The number of ether oxygens (including phenoxy) is 1. The lowest BCUT2D eigenvalue weighted by molar-refractivity contribution is 0.0917. The molecule has 0 aromatic carbocycles. The molecule has 1 aliphatic rings. The van der Waals surface area contributed by atoms with Gasteiger partial charge < -0.3 is 19.9 Å². The number of amides is 1. The number of hydrogen-bond donors (Lipinski definition) is 2. The first-order valence-corrected chi connectivity index (χ1v) is 9.19. The number of aromatic nitrogens is 3. The number of carbonyl (C=O) groups excluding carboxylic acids is 1. The van der Waals surface area contributed by atoms with Crippen molar-refractivity contribution < 1.29 is 14.1 Å². The highest BCUT2D eigenvalue weighted by atomic mass is 32.1. The van der Waals surface area contributed by atoms with Crippen molar-refractivity contribution in [1.82, 2.24) is 19.8 Å². The van der Waals surface area contributed by atoms with Gasteiger partial charge in [-0.3, -0.25) is 4.79 Å². The van der Waals surface area contributed by atoms with Crippen LogP contribution in [-0.4, -0.2) is 39.6 Å². The summed E-state index contributed by atoms with van der Waals surface area (Å²) in [6, 6.07) is 2.17. The minimum absolute atomic E-state index is 0.0992. The van der Waals surface area contributed by atoms with Crippen molar-refractivity contribution in [2.75, 3.05) is 12.4 Å². The monoisotopic (exact) mass is 365 g/mol. The first-order chi connectivity index (χ1) is 12.0. The molecule has 8 nitrogen and oxygen atoms in total.